The van der Waals surface area contributed by atoms with Crippen LogP contribution in [0.5, 0.6) is 0 Å². The van der Waals surface area contributed by atoms with E-state index in [-0.39, 0.29) is 5.56 Å². The highest BCUT2D eigenvalue weighted by molar-refractivity contribution is 5.93. The minimum Gasteiger partial charge on any atom is -0.383 e. The van der Waals surface area contributed by atoms with E-state index in [9.17, 15) is 18.7 Å². The fourth-order valence-electron chi connectivity index (χ4n) is 2.37. The Balaban J connectivity index is 2.19. The summed E-state index contributed by atoms with van der Waals surface area (Å²) in [6.45, 7) is 0. The van der Waals surface area contributed by atoms with Gasteiger partial charge in [0.25, 0.3) is 5.91 Å². The average Bonchev–Trinajstić information content (AvgIpc) is 2.90. The molecule has 0 aliphatic heterocycles. The molecule has 0 fully saturated rings. The lowest BCUT2D eigenvalue weighted by Crippen LogP contribution is -2.16. The number of nitrogens with one attached hydrogen (secondary N) is 1. The van der Waals surface area contributed by atoms with Crippen molar-refractivity contribution < 1.29 is 18.7 Å². The third-order valence-corrected chi connectivity index (χ3v) is 3.44. The van der Waals surface area contributed by atoms with Crippen molar-refractivity contribution in [1.82, 2.24) is 9.97 Å². The number of nitrogens with two attached hydrogens (primary N) is 1. The SMILES string of the molecule is NC(=O)c1ccc(F)c(C(O)c2c[nH]c3ncccc23)c1F. The van der Waals surface area contributed by atoms with Crippen molar-refractivity contribution >= 4 is 16.9 Å². The third kappa shape index (κ3) is 2.11. The maximum atomic E-state index is 14.3. The number of hydrogen-bond donors (Lipinski definition) is 3. The molecule has 0 radical (unpaired) electrons. The minimum absolute atomic E-state index is 0.252. The molecule has 0 aliphatic carbocycles. The molecule has 22 heavy (non-hydrogen) atoms. The van der Waals surface area contributed by atoms with Gasteiger partial charge in [0, 0.05) is 23.3 Å². The molecule has 3 rings (SSSR count). The number of amides is 1. The monoisotopic (exact) mass is 303 g/mol. The number of H-pyrrole nitrogens is 1. The molecule has 112 valence electrons. The fourth-order valence-corrected chi connectivity index (χ4v) is 2.37. The Labute approximate surface area is 123 Å². The van der Waals surface area contributed by atoms with Crippen LogP contribution in [0.2, 0.25) is 0 Å². The minimum atomic E-state index is -1.60. The number of aromatic amines is 1. The van der Waals surface area contributed by atoms with Crippen molar-refractivity contribution in [1.29, 1.82) is 0 Å². The van der Waals surface area contributed by atoms with Crippen LogP contribution in [-0.4, -0.2) is 21.0 Å². The number of benzene rings is 1. The van der Waals surface area contributed by atoms with Crippen molar-refractivity contribution in [3.05, 3.63) is 65.0 Å². The number of fused-ring (bicyclic) bond motifs is 1. The van der Waals surface area contributed by atoms with Gasteiger partial charge in [-0.1, -0.05) is 0 Å². The normalized spacial score (nSPS) is 12.5. The lowest BCUT2D eigenvalue weighted by molar-refractivity contribution is 0.0995. The van der Waals surface area contributed by atoms with Crippen LogP contribution in [0.15, 0.2) is 36.7 Å². The molecule has 4 N–H and O–H groups in total. The molecular formula is C15H11F2N3O2. The Hall–Kier alpha value is -2.80. The van der Waals surface area contributed by atoms with Gasteiger partial charge < -0.3 is 15.8 Å². The summed E-state index contributed by atoms with van der Waals surface area (Å²) in [5, 5.41) is 10.9. The average molecular weight is 303 g/mol. The van der Waals surface area contributed by atoms with E-state index in [1.165, 1.54) is 6.20 Å². The van der Waals surface area contributed by atoms with Crippen molar-refractivity contribution in [2.75, 3.05) is 0 Å². The van der Waals surface area contributed by atoms with Crippen LogP contribution in [0.25, 0.3) is 11.0 Å². The zero-order valence-corrected chi connectivity index (χ0v) is 11.2. The van der Waals surface area contributed by atoms with E-state index in [2.05, 4.69) is 9.97 Å². The standard InChI is InChI=1S/C15H11F2N3O2/c16-10-4-3-8(14(18)22)12(17)11(10)13(21)9-6-20-15-7(9)2-1-5-19-15/h1-6,13,21H,(H2,18,22)(H,19,20). The van der Waals surface area contributed by atoms with E-state index >= 15 is 0 Å². The summed E-state index contributed by atoms with van der Waals surface area (Å²) in [5.41, 5.74) is 4.67. The summed E-state index contributed by atoms with van der Waals surface area (Å²) in [6.07, 6.45) is 1.36. The summed E-state index contributed by atoms with van der Waals surface area (Å²) in [4.78, 5) is 18.0. The Kier molecular flexibility index (Phi) is 3.34. The molecule has 1 unspecified atom stereocenters. The van der Waals surface area contributed by atoms with Gasteiger partial charge in [0.05, 0.1) is 11.1 Å². The van der Waals surface area contributed by atoms with E-state index in [1.807, 2.05) is 0 Å². The van der Waals surface area contributed by atoms with Crippen LogP contribution in [-0.2, 0) is 0 Å². The summed E-state index contributed by atoms with van der Waals surface area (Å²) >= 11 is 0. The van der Waals surface area contributed by atoms with Crippen molar-refractivity contribution in [2.45, 2.75) is 6.10 Å². The first-order chi connectivity index (χ1) is 10.5. The van der Waals surface area contributed by atoms with E-state index in [1.54, 1.807) is 18.3 Å². The molecular weight excluding hydrogens is 292 g/mol. The van der Waals surface area contributed by atoms with Crippen molar-refractivity contribution in [3.63, 3.8) is 0 Å². The number of primary amides is 1. The number of carbonyl (C=O) groups excluding carboxylic acids is 1. The molecule has 5 nitrogen and oxygen atoms in total. The van der Waals surface area contributed by atoms with Gasteiger partial charge in [-0.15, -0.1) is 0 Å². The first-order valence-corrected chi connectivity index (χ1v) is 6.38. The van der Waals surface area contributed by atoms with E-state index in [0.29, 0.717) is 11.0 Å². The van der Waals surface area contributed by atoms with E-state index in [0.717, 1.165) is 12.1 Å². The highest BCUT2D eigenvalue weighted by Gasteiger charge is 2.25. The van der Waals surface area contributed by atoms with Crippen LogP contribution in [0.1, 0.15) is 27.6 Å². The van der Waals surface area contributed by atoms with Crippen molar-refractivity contribution in [3.8, 4) is 0 Å². The first-order valence-electron chi connectivity index (χ1n) is 6.38. The number of nitrogens with zero attached hydrogens (tertiary/aromatic N) is 1. The fraction of sp³-hybridized carbons (Fsp3) is 0.0667. The maximum Gasteiger partial charge on any atom is 0.251 e. The van der Waals surface area contributed by atoms with E-state index < -0.39 is 34.8 Å². The smallest absolute Gasteiger partial charge is 0.251 e. The number of aliphatic hydroxyl groups excluding tert-OH is 1. The summed E-state index contributed by atoms with van der Waals surface area (Å²) in [7, 11) is 0. The predicted octanol–water partition coefficient (Wildman–Crippen LogP) is 2.02. The molecule has 1 atom stereocenters. The summed E-state index contributed by atoms with van der Waals surface area (Å²) in [6, 6.07) is 5.14. The van der Waals surface area contributed by atoms with Gasteiger partial charge in [-0.2, -0.15) is 0 Å². The number of aromatic nitrogens is 2. The number of hydrogen-bond acceptors (Lipinski definition) is 3. The van der Waals surface area contributed by atoms with Gasteiger partial charge in [0.15, 0.2) is 0 Å². The second-order valence-electron chi connectivity index (χ2n) is 4.73. The van der Waals surface area contributed by atoms with E-state index in [4.69, 9.17) is 5.73 Å². The molecule has 0 bridgehead atoms. The Bertz CT molecular complexity index is 876. The number of rotatable bonds is 3. The van der Waals surface area contributed by atoms with Crippen LogP contribution in [0.3, 0.4) is 0 Å². The number of aliphatic hydroxyl groups is 1. The molecule has 2 aromatic heterocycles. The number of carbonyl (C=O) groups is 1. The van der Waals surface area contributed by atoms with Crippen molar-refractivity contribution in [2.24, 2.45) is 5.73 Å². The summed E-state index contributed by atoms with van der Waals surface area (Å²) in [5.74, 6) is -3.17. The second-order valence-corrected chi connectivity index (χ2v) is 4.73. The molecule has 0 spiro atoms. The quantitative estimate of drug-likeness (QED) is 0.691. The second kappa shape index (κ2) is 5.19. The van der Waals surface area contributed by atoms with Gasteiger partial charge in [-0.3, -0.25) is 4.79 Å². The van der Waals surface area contributed by atoms with Gasteiger partial charge in [0.2, 0.25) is 0 Å². The van der Waals surface area contributed by atoms with Crippen LogP contribution < -0.4 is 5.73 Å². The molecule has 7 heteroatoms. The zero-order valence-electron chi connectivity index (χ0n) is 11.2. The van der Waals surface area contributed by atoms with Gasteiger partial charge >= 0.3 is 0 Å². The molecule has 1 aromatic carbocycles. The molecule has 1 amide bonds. The Morgan fingerprint density at radius 3 is 2.82 bits per heavy atom. The van der Waals surface area contributed by atoms with Gasteiger partial charge in [-0.05, 0) is 24.3 Å². The predicted molar refractivity (Wildman–Crippen MR) is 75.0 cm³/mol. The molecule has 0 saturated heterocycles. The largest absolute Gasteiger partial charge is 0.383 e. The topological polar surface area (TPSA) is 92.0 Å². The lowest BCUT2D eigenvalue weighted by atomic mass is 9.98. The number of halogens is 2. The Morgan fingerprint density at radius 2 is 2.09 bits per heavy atom. The maximum absolute atomic E-state index is 14.3. The molecule has 0 saturated carbocycles. The number of pyridine rings is 1. The van der Waals surface area contributed by atoms with Gasteiger partial charge in [-0.25, -0.2) is 13.8 Å². The molecule has 0 aliphatic rings. The first kappa shape index (κ1) is 14.2. The highest BCUT2D eigenvalue weighted by Crippen LogP contribution is 2.32. The molecule has 2 heterocycles. The summed E-state index contributed by atoms with van der Waals surface area (Å²) < 4.78 is 28.3. The zero-order chi connectivity index (χ0) is 15.9. The lowest BCUT2D eigenvalue weighted by Gasteiger charge is -2.14. The Morgan fingerprint density at radius 1 is 1.32 bits per heavy atom. The third-order valence-electron chi connectivity index (χ3n) is 3.44. The van der Waals surface area contributed by atoms with Gasteiger partial charge in [0.1, 0.15) is 23.4 Å². The molecule has 3 aromatic rings. The van der Waals surface area contributed by atoms with Crippen LogP contribution in [0, 0.1) is 11.6 Å². The highest BCUT2D eigenvalue weighted by atomic mass is 19.1. The van der Waals surface area contributed by atoms with Crippen LogP contribution in [0.4, 0.5) is 8.78 Å². The van der Waals surface area contributed by atoms with Crippen LogP contribution >= 0.6 is 0 Å².